The Morgan fingerprint density at radius 2 is 2.21 bits per heavy atom. The molecule has 0 spiro atoms. The van der Waals surface area contributed by atoms with Gasteiger partial charge in [-0.3, -0.25) is 14.9 Å². The van der Waals surface area contributed by atoms with Crippen molar-refractivity contribution in [3.05, 3.63) is 45.5 Å². The highest BCUT2D eigenvalue weighted by atomic mass is 19.4. The first-order chi connectivity index (χ1) is 11.2. The summed E-state index contributed by atoms with van der Waals surface area (Å²) >= 11 is 0. The summed E-state index contributed by atoms with van der Waals surface area (Å²) in [6, 6.07) is 2.75. The van der Waals surface area contributed by atoms with Crippen LogP contribution in [0, 0.1) is 10.1 Å². The maximum atomic E-state index is 12.7. The zero-order valence-corrected chi connectivity index (χ0v) is 12.8. The number of hydrazine groups is 1. The molecule has 1 fully saturated rings. The lowest BCUT2D eigenvalue weighted by molar-refractivity contribution is -0.517. The van der Waals surface area contributed by atoms with Gasteiger partial charge in [0.1, 0.15) is 0 Å². The number of hydrogen-bond acceptors (Lipinski definition) is 5. The van der Waals surface area contributed by atoms with Gasteiger partial charge in [0.25, 0.3) is 6.04 Å². The fourth-order valence-electron chi connectivity index (χ4n) is 2.43. The van der Waals surface area contributed by atoms with Gasteiger partial charge in [0.15, 0.2) is 6.04 Å². The molecule has 1 amide bonds. The Balaban J connectivity index is 1.97. The number of nitrogens with one attached hydrogen (secondary N) is 3. The van der Waals surface area contributed by atoms with Crippen LogP contribution < -0.4 is 16.2 Å². The summed E-state index contributed by atoms with van der Waals surface area (Å²) in [7, 11) is 0. The van der Waals surface area contributed by atoms with Crippen molar-refractivity contribution in [3.63, 3.8) is 0 Å². The molecule has 3 atom stereocenters. The van der Waals surface area contributed by atoms with E-state index in [1.165, 1.54) is 6.07 Å². The Kier molecular flexibility index (Phi) is 5.40. The molecule has 1 aromatic carbocycles. The van der Waals surface area contributed by atoms with E-state index in [2.05, 4.69) is 16.2 Å². The molecule has 1 aliphatic heterocycles. The second kappa shape index (κ2) is 7.14. The molecular formula is C14H17F3N4O3. The number of benzene rings is 1. The summed E-state index contributed by atoms with van der Waals surface area (Å²) in [4.78, 5) is 22.3. The van der Waals surface area contributed by atoms with Crippen LogP contribution in [-0.4, -0.2) is 36.0 Å². The first-order valence-corrected chi connectivity index (χ1v) is 7.27. The molecule has 0 radical (unpaired) electrons. The average molecular weight is 346 g/mol. The van der Waals surface area contributed by atoms with Gasteiger partial charge in [0, 0.05) is 11.5 Å². The second-order valence-electron chi connectivity index (χ2n) is 5.63. The summed E-state index contributed by atoms with van der Waals surface area (Å²) in [5.41, 5.74) is 4.75. The number of carbonyl (C=O) groups is 1. The Morgan fingerprint density at radius 1 is 1.50 bits per heavy atom. The topological polar surface area (TPSA) is 96.3 Å². The maximum Gasteiger partial charge on any atom is 0.416 e. The summed E-state index contributed by atoms with van der Waals surface area (Å²) in [6.45, 7) is 1.76. The van der Waals surface area contributed by atoms with E-state index in [0.29, 0.717) is 5.56 Å². The molecule has 1 aromatic rings. The van der Waals surface area contributed by atoms with Gasteiger partial charge in [-0.1, -0.05) is 25.1 Å². The first-order valence-electron chi connectivity index (χ1n) is 7.27. The summed E-state index contributed by atoms with van der Waals surface area (Å²) in [5.74, 6) is -0.944. The van der Waals surface area contributed by atoms with E-state index in [-0.39, 0.29) is 19.0 Å². The third kappa shape index (κ3) is 4.20. The van der Waals surface area contributed by atoms with E-state index in [1.54, 1.807) is 13.0 Å². The maximum absolute atomic E-state index is 12.7. The molecule has 24 heavy (non-hydrogen) atoms. The van der Waals surface area contributed by atoms with Crippen LogP contribution in [0.15, 0.2) is 24.3 Å². The quantitative estimate of drug-likeness (QED) is 0.547. The zero-order chi connectivity index (χ0) is 17.9. The highest BCUT2D eigenvalue weighted by Crippen LogP contribution is 2.30. The van der Waals surface area contributed by atoms with E-state index in [4.69, 9.17) is 0 Å². The first kappa shape index (κ1) is 18.1. The Morgan fingerprint density at radius 3 is 2.83 bits per heavy atom. The molecule has 10 heteroatoms. The Bertz CT molecular complexity index is 624. The largest absolute Gasteiger partial charge is 0.416 e. The van der Waals surface area contributed by atoms with Gasteiger partial charge in [-0.05, 0) is 17.5 Å². The normalized spacial score (nSPS) is 22.2. The Labute approximate surface area is 135 Å². The van der Waals surface area contributed by atoms with Gasteiger partial charge in [-0.15, -0.1) is 0 Å². The molecule has 0 bridgehead atoms. The van der Waals surface area contributed by atoms with Crippen LogP contribution in [0.25, 0.3) is 0 Å². The zero-order valence-electron chi connectivity index (χ0n) is 12.8. The van der Waals surface area contributed by atoms with Crippen molar-refractivity contribution >= 4 is 5.91 Å². The minimum atomic E-state index is -4.43. The number of hydrogen-bond donors (Lipinski definition) is 3. The van der Waals surface area contributed by atoms with E-state index in [0.717, 1.165) is 12.1 Å². The lowest BCUT2D eigenvalue weighted by Crippen LogP contribution is -2.50. The molecule has 0 aliphatic carbocycles. The molecule has 1 heterocycles. The Hall–Kier alpha value is -2.20. The third-order valence-electron chi connectivity index (χ3n) is 3.87. The fourth-order valence-corrected chi connectivity index (χ4v) is 2.43. The molecule has 7 nitrogen and oxygen atoms in total. The van der Waals surface area contributed by atoms with Crippen molar-refractivity contribution in [2.45, 2.75) is 31.1 Å². The van der Waals surface area contributed by atoms with Crippen molar-refractivity contribution in [2.24, 2.45) is 0 Å². The summed E-state index contributed by atoms with van der Waals surface area (Å²) in [5, 5.41) is 13.4. The number of alkyl halides is 3. The van der Waals surface area contributed by atoms with Crippen molar-refractivity contribution in [2.75, 3.05) is 13.1 Å². The molecule has 3 unspecified atom stereocenters. The number of rotatable bonds is 5. The van der Waals surface area contributed by atoms with Crippen molar-refractivity contribution in [1.82, 2.24) is 16.2 Å². The van der Waals surface area contributed by atoms with Crippen molar-refractivity contribution in [1.29, 1.82) is 0 Å². The number of nitro groups is 1. The molecule has 0 saturated carbocycles. The molecule has 132 valence electrons. The number of halogens is 3. The predicted molar refractivity (Wildman–Crippen MR) is 78.6 cm³/mol. The minimum Gasteiger partial charge on any atom is -0.354 e. The van der Waals surface area contributed by atoms with Crippen LogP contribution in [-0.2, 0) is 11.0 Å². The van der Waals surface area contributed by atoms with Gasteiger partial charge in [0.2, 0.25) is 5.91 Å². The van der Waals surface area contributed by atoms with Crippen LogP contribution in [0.4, 0.5) is 13.2 Å². The summed E-state index contributed by atoms with van der Waals surface area (Å²) in [6.07, 6.45) is -4.43. The van der Waals surface area contributed by atoms with Crippen LogP contribution in [0.2, 0.25) is 0 Å². The van der Waals surface area contributed by atoms with Gasteiger partial charge in [-0.2, -0.15) is 13.2 Å². The molecule has 3 N–H and O–H groups in total. The fraction of sp³-hybridized carbons (Fsp3) is 0.500. The second-order valence-corrected chi connectivity index (χ2v) is 5.63. The number of nitrogens with zero attached hydrogens (tertiary/aromatic N) is 1. The minimum absolute atomic E-state index is 0.0221. The van der Waals surface area contributed by atoms with Gasteiger partial charge < -0.3 is 5.32 Å². The van der Waals surface area contributed by atoms with Crippen LogP contribution >= 0.6 is 0 Å². The SMILES string of the molecule is CC(CNC(=O)C1NNCC1[N+](=O)[O-])c1cccc(C(F)(F)F)c1. The molecule has 2 rings (SSSR count). The van der Waals surface area contributed by atoms with Crippen LogP contribution in [0.5, 0.6) is 0 Å². The van der Waals surface area contributed by atoms with E-state index in [9.17, 15) is 28.1 Å². The van der Waals surface area contributed by atoms with Crippen LogP contribution in [0.3, 0.4) is 0 Å². The summed E-state index contributed by atoms with van der Waals surface area (Å²) < 4.78 is 38.2. The third-order valence-corrected chi connectivity index (χ3v) is 3.87. The average Bonchev–Trinajstić information content (AvgIpc) is 3.01. The predicted octanol–water partition coefficient (Wildman–Crippen LogP) is 1.05. The lowest BCUT2D eigenvalue weighted by atomic mass is 9.98. The number of amides is 1. The molecule has 1 aliphatic rings. The van der Waals surface area contributed by atoms with Gasteiger partial charge >= 0.3 is 6.18 Å². The van der Waals surface area contributed by atoms with Gasteiger partial charge in [-0.25, -0.2) is 10.9 Å². The van der Waals surface area contributed by atoms with E-state index >= 15 is 0 Å². The standard InChI is InChI=1S/C14H17F3N4O3/c1-8(9-3-2-4-10(5-9)14(15,16)17)6-18-13(22)12-11(21(23)24)7-19-20-12/h2-5,8,11-12,19-20H,6-7H2,1H3,(H,18,22). The van der Waals surface area contributed by atoms with E-state index < -0.39 is 34.7 Å². The monoisotopic (exact) mass is 346 g/mol. The number of carbonyl (C=O) groups excluding carboxylic acids is 1. The highest BCUT2D eigenvalue weighted by Gasteiger charge is 2.41. The van der Waals surface area contributed by atoms with Crippen molar-refractivity contribution < 1.29 is 22.9 Å². The smallest absolute Gasteiger partial charge is 0.354 e. The van der Waals surface area contributed by atoms with Crippen molar-refractivity contribution in [3.8, 4) is 0 Å². The molecule has 1 saturated heterocycles. The van der Waals surface area contributed by atoms with Gasteiger partial charge in [0.05, 0.1) is 12.1 Å². The highest BCUT2D eigenvalue weighted by molar-refractivity contribution is 5.82. The lowest BCUT2D eigenvalue weighted by Gasteiger charge is -2.17. The van der Waals surface area contributed by atoms with Crippen LogP contribution in [0.1, 0.15) is 24.0 Å². The molecular weight excluding hydrogens is 329 g/mol. The molecule has 0 aromatic heterocycles. The van der Waals surface area contributed by atoms with E-state index in [1.807, 2.05) is 0 Å².